The zero-order valence-electron chi connectivity index (χ0n) is 11.9. The van der Waals surface area contributed by atoms with Gasteiger partial charge in [0.25, 0.3) is 0 Å². The third-order valence-electron chi connectivity index (χ3n) is 3.12. The molecule has 1 aliphatic heterocycles. The Morgan fingerprint density at radius 3 is 2.71 bits per heavy atom. The van der Waals surface area contributed by atoms with E-state index in [0.29, 0.717) is 15.8 Å². The highest BCUT2D eigenvalue weighted by Crippen LogP contribution is 2.34. The van der Waals surface area contributed by atoms with E-state index in [1.165, 1.54) is 0 Å². The Labute approximate surface area is 134 Å². The van der Waals surface area contributed by atoms with Crippen molar-refractivity contribution in [3.63, 3.8) is 0 Å². The van der Waals surface area contributed by atoms with Crippen LogP contribution in [0.5, 0.6) is 0 Å². The van der Waals surface area contributed by atoms with Crippen LogP contribution in [0.1, 0.15) is 25.5 Å². The lowest BCUT2D eigenvalue weighted by Crippen LogP contribution is -2.51. The Morgan fingerprint density at radius 1 is 1.43 bits per heavy atom. The molecule has 2 N–H and O–H groups in total. The molecule has 112 valence electrons. The van der Waals surface area contributed by atoms with Gasteiger partial charge >= 0.3 is 5.97 Å². The van der Waals surface area contributed by atoms with Crippen LogP contribution in [0.15, 0.2) is 36.5 Å². The van der Waals surface area contributed by atoms with Gasteiger partial charge in [-0.15, -0.1) is 0 Å². The summed E-state index contributed by atoms with van der Waals surface area (Å²) in [5.74, 6) is -0.957. The summed E-state index contributed by atoms with van der Waals surface area (Å²) in [6.45, 7) is 7.51. The van der Waals surface area contributed by atoms with Gasteiger partial charge in [0.15, 0.2) is 5.11 Å². The van der Waals surface area contributed by atoms with Crippen LogP contribution in [-0.2, 0) is 9.53 Å². The van der Waals surface area contributed by atoms with Gasteiger partial charge in [-0.05, 0) is 37.7 Å². The molecular formula is C15H17ClN2O2S. The summed E-state index contributed by atoms with van der Waals surface area (Å²) in [6, 6.07) is 6.93. The maximum atomic E-state index is 12.4. The van der Waals surface area contributed by atoms with Crippen molar-refractivity contribution in [3.8, 4) is 0 Å². The maximum Gasteiger partial charge on any atom is 0.317 e. The molecule has 0 bridgehead atoms. The van der Waals surface area contributed by atoms with E-state index >= 15 is 0 Å². The summed E-state index contributed by atoms with van der Waals surface area (Å²) < 4.78 is 5.32. The van der Waals surface area contributed by atoms with Crippen LogP contribution in [-0.4, -0.2) is 17.2 Å². The predicted octanol–water partition coefficient (Wildman–Crippen LogP) is 2.94. The van der Waals surface area contributed by atoms with Gasteiger partial charge in [-0.2, -0.15) is 0 Å². The first-order valence-corrected chi connectivity index (χ1v) is 7.40. The van der Waals surface area contributed by atoms with E-state index in [1.807, 2.05) is 18.2 Å². The minimum Gasteiger partial charge on any atom is -0.462 e. The van der Waals surface area contributed by atoms with E-state index in [0.717, 1.165) is 5.56 Å². The quantitative estimate of drug-likeness (QED) is 0.661. The highest BCUT2D eigenvalue weighted by molar-refractivity contribution is 7.80. The molecule has 0 spiro atoms. The molecule has 1 fully saturated rings. The van der Waals surface area contributed by atoms with E-state index in [1.54, 1.807) is 19.9 Å². The van der Waals surface area contributed by atoms with Gasteiger partial charge in [-0.1, -0.05) is 36.4 Å². The lowest BCUT2D eigenvalue weighted by Gasteiger charge is -2.35. The Morgan fingerprint density at radius 2 is 2.10 bits per heavy atom. The molecule has 1 aromatic carbocycles. The highest BCUT2D eigenvalue weighted by Gasteiger charge is 2.38. The molecule has 1 heterocycles. The first-order chi connectivity index (χ1) is 9.90. The van der Waals surface area contributed by atoms with Crippen LogP contribution < -0.4 is 10.6 Å². The van der Waals surface area contributed by atoms with E-state index in [9.17, 15) is 4.79 Å². The van der Waals surface area contributed by atoms with Gasteiger partial charge in [-0.3, -0.25) is 4.79 Å². The first-order valence-electron chi connectivity index (χ1n) is 6.61. The topological polar surface area (TPSA) is 50.4 Å². The van der Waals surface area contributed by atoms with Crippen molar-refractivity contribution in [2.24, 2.45) is 5.92 Å². The van der Waals surface area contributed by atoms with Gasteiger partial charge in [0.05, 0.1) is 12.1 Å². The average molecular weight is 325 g/mol. The van der Waals surface area contributed by atoms with Gasteiger partial charge in [0, 0.05) is 10.7 Å². The zero-order chi connectivity index (χ0) is 15.6. The number of ether oxygens (including phenoxy) is 1. The molecule has 1 aromatic rings. The van der Waals surface area contributed by atoms with Crippen molar-refractivity contribution in [2.45, 2.75) is 26.0 Å². The van der Waals surface area contributed by atoms with Gasteiger partial charge < -0.3 is 15.4 Å². The maximum absolute atomic E-state index is 12.4. The second kappa shape index (κ2) is 6.45. The fourth-order valence-electron chi connectivity index (χ4n) is 2.25. The molecule has 2 atom stereocenters. The summed E-state index contributed by atoms with van der Waals surface area (Å²) in [4.78, 5) is 12.4. The Balaban J connectivity index is 2.38. The molecule has 0 aliphatic carbocycles. The number of hydrogen-bond donors (Lipinski definition) is 2. The standard InChI is InChI=1S/C15H17ClN2O2S/c1-8(2)20-14(19)12-9(3)17-15(21)18-13(12)10-6-4-5-7-11(10)16/h4-8,12-13H,3H2,1-2H3,(H2,17,18,21). The summed E-state index contributed by atoms with van der Waals surface area (Å²) in [7, 11) is 0. The molecule has 2 rings (SSSR count). The fourth-order valence-corrected chi connectivity index (χ4v) is 2.77. The summed E-state index contributed by atoms with van der Waals surface area (Å²) >= 11 is 11.4. The molecule has 0 amide bonds. The predicted molar refractivity (Wildman–Crippen MR) is 86.9 cm³/mol. The lowest BCUT2D eigenvalue weighted by atomic mass is 9.89. The molecule has 21 heavy (non-hydrogen) atoms. The van der Waals surface area contributed by atoms with Crippen LogP contribution in [0, 0.1) is 5.92 Å². The third kappa shape index (κ3) is 3.54. The van der Waals surface area contributed by atoms with E-state index in [4.69, 9.17) is 28.6 Å². The van der Waals surface area contributed by atoms with Crippen molar-refractivity contribution in [1.82, 2.24) is 10.6 Å². The van der Waals surface area contributed by atoms with Crippen molar-refractivity contribution in [1.29, 1.82) is 0 Å². The van der Waals surface area contributed by atoms with Crippen LogP contribution in [0.4, 0.5) is 0 Å². The van der Waals surface area contributed by atoms with Gasteiger partial charge in [0.1, 0.15) is 5.92 Å². The van der Waals surface area contributed by atoms with E-state index < -0.39 is 12.0 Å². The number of carbonyl (C=O) groups excluding carboxylic acids is 1. The number of halogens is 1. The van der Waals surface area contributed by atoms with Gasteiger partial charge in [0.2, 0.25) is 0 Å². The summed E-state index contributed by atoms with van der Waals surface area (Å²) in [5.41, 5.74) is 1.30. The minimum atomic E-state index is -0.598. The molecule has 2 unspecified atom stereocenters. The SMILES string of the molecule is C=C1NC(=S)NC(c2ccccc2Cl)C1C(=O)OC(C)C. The monoisotopic (exact) mass is 324 g/mol. The number of esters is 1. The van der Waals surface area contributed by atoms with E-state index in [2.05, 4.69) is 17.2 Å². The largest absolute Gasteiger partial charge is 0.462 e. The second-order valence-electron chi connectivity index (χ2n) is 5.09. The van der Waals surface area contributed by atoms with Crippen molar-refractivity contribution >= 4 is 34.9 Å². The molecule has 0 aromatic heterocycles. The number of carbonyl (C=O) groups is 1. The normalized spacial score (nSPS) is 21.7. The van der Waals surface area contributed by atoms with Crippen molar-refractivity contribution in [2.75, 3.05) is 0 Å². The number of rotatable bonds is 3. The molecule has 4 nitrogen and oxygen atoms in total. The fraction of sp³-hybridized carbons (Fsp3) is 0.333. The Hall–Kier alpha value is -1.59. The highest BCUT2D eigenvalue weighted by atomic mass is 35.5. The van der Waals surface area contributed by atoms with Crippen molar-refractivity contribution < 1.29 is 9.53 Å². The van der Waals surface area contributed by atoms with Crippen LogP contribution >= 0.6 is 23.8 Å². The third-order valence-corrected chi connectivity index (χ3v) is 3.68. The summed E-state index contributed by atoms with van der Waals surface area (Å²) in [5, 5.41) is 6.95. The van der Waals surface area contributed by atoms with Crippen LogP contribution in [0.25, 0.3) is 0 Å². The molecular weight excluding hydrogens is 308 g/mol. The number of thiocarbonyl (C=S) groups is 1. The van der Waals surface area contributed by atoms with E-state index in [-0.39, 0.29) is 12.1 Å². The summed E-state index contributed by atoms with van der Waals surface area (Å²) in [6.07, 6.45) is -0.203. The lowest BCUT2D eigenvalue weighted by molar-refractivity contribution is -0.152. The number of benzene rings is 1. The second-order valence-corrected chi connectivity index (χ2v) is 5.90. The number of nitrogens with one attached hydrogen (secondary N) is 2. The average Bonchev–Trinajstić information content (AvgIpc) is 2.37. The first kappa shape index (κ1) is 15.8. The molecule has 1 aliphatic rings. The molecule has 0 radical (unpaired) electrons. The molecule has 0 saturated carbocycles. The number of hydrogen-bond acceptors (Lipinski definition) is 3. The molecule has 1 saturated heterocycles. The molecule has 6 heteroatoms. The van der Waals surface area contributed by atoms with Crippen LogP contribution in [0.3, 0.4) is 0 Å². The Bertz CT molecular complexity index is 589. The zero-order valence-corrected chi connectivity index (χ0v) is 13.4. The van der Waals surface area contributed by atoms with Crippen LogP contribution in [0.2, 0.25) is 5.02 Å². The van der Waals surface area contributed by atoms with Gasteiger partial charge in [-0.25, -0.2) is 0 Å². The Kier molecular flexibility index (Phi) is 4.85. The minimum absolute atomic E-state index is 0.203. The smallest absolute Gasteiger partial charge is 0.317 e. The van der Waals surface area contributed by atoms with Crippen molar-refractivity contribution in [3.05, 3.63) is 47.1 Å².